The van der Waals surface area contributed by atoms with E-state index in [1.165, 1.54) is 34.1 Å². The van der Waals surface area contributed by atoms with E-state index < -0.39 is 17.6 Å². The summed E-state index contributed by atoms with van der Waals surface area (Å²) in [6, 6.07) is 12.1. The van der Waals surface area contributed by atoms with Gasteiger partial charge in [-0.25, -0.2) is 4.98 Å². The summed E-state index contributed by atoms with van der Waals surface area (Å²) in [7, 11) is 0. The number of hydrogen-bond donors (Lipinski definition) is 1. The molecule has 0 atom stereocenters. The van der Waals surface area contributed by atoms with Crippen LogP contribution < -0.4 is 10.9 Å². The number of aryl methyl sites for hydroxylation is 2. The van der Waals surface area contributed by atoms with Gasteiger partial charge in [0, 0.05) is 0 Å². The highest BCUT2D eigenvalue weighted by Gasteiger charge is 2.33. The fourth-order valence-corrected chi connectivity index (χ4v) is 4.98. The minimum absolute atomic E-state index is 0.223. The number of thiophene rings is 1. The lowest BCUT2D eigenvalue weighted by atomic mass is 10.1. The average Bonchev–Trinajstić information content (AvgIpc) is 3.22. The van der Waals surface area contributed by atoms with Gasteiger partial charge in [-0.2, -0.15) is 13.2 Å². The smallest absolute Gasteiger partial charge is 0.325 e. The minimum atomic E-state index is -4.59. The van der Waals surface area contributed by atoms with Crippen molar-refractivity contribution in [2.24, 2.45) is 0 Å². The molecule has 0 radical (unpaired) electrons. The Morgan fingerprint density at radius 1 is 1.15 bits per heavy atom. The molecule has 4 aromatic rings. The second kappa shape index (κ2) is 9.03. The lowest BCUT2D eigenvalue weighted by molar-refractivity contribution is -0.137. The number of para-hydroxylation sites is 1. The molecule has 0 bridgehead atoms. The molecule has 0 aliphatic heterocycles. The number of aromatic nitrogens is 2. The molecule has 0 aliphatic rings. The fraction of sp³-hybridized carbons (Fsp3) is 0.174. The van der Waals surface area contributed by atoms with E-state index in [2.05, 4.69) is 10.3 Å². The first-order valence-corrected chi connectivity index (χ1v) is 11.7. The van der Waals surface area contributed by atoms with E-state index in [1.54, 1.807) is 11.4 Å². The number of alkyl halides is 3. The van der Waals surface area contributed by atoms with E-state index in [-0.39, 0.29) is 22.2 Å². The number of halogens is 3. The van der Waals surface area contributed by atoms with Crippen LogP contribution in [-0.4, -0.2) is 21.2 Å². The van der Waals surface area contributed by atoms with Crippen LogP contribution in [0.15, 0.2) is 63.9 Å². The summed E-state index contributed by atoms with van der Waals surface area (Å²) in [6.07, 6.45) is -4.59. The highest BCUT2D eigenvalue weighted by atomic mass is 32.2. The predicted octanol–water partition coefficient (Wildman–Crippen LogP) is 5.81. The lowest BCUT2D eigenvalue weighted by Crippen LogP contribution is -2.23. The van der Waals surface area contributed by atoms with Gasteiger partial charge in [-0.3, -0.25) is 14.2 Å². The predicted molar refractivity (Wildman–Crippen MR) is 125 cm³/mol. The number of carbonyl (C=O) groups excluding carboxylic acids is 1. The minimum Gasteiger partial charge on any atom is -0.325 e. The molecular weight excluding hydrogens is 471 g/mol. The monoisotopic (exact) mass is 489 g/mol. The summed E-state index contributed by atoms with van der Waals surface area (Å²) >= 11 is 2.27. The molecule has 0 aliphatic carbocycles. The average molecular weight is 490 g/mol. The molecule has 1 amide bonds. The zero-order chi connectivity index (χ0) is 23.8. The molecule has 4 rings (SSSR count). The van der Waals surface area contributed by atoms with Gasteiger partial charge >= 0.3 is 6.18 Å². The van der Waals surface area contributed by atoms with Gasteiger partial charge in [0.1, 0.15) is 4.70 Å². The van der Waals surface area contributed by atoms with Crippen LogP contribution in [0.25, 0.3) is 15.9 Å². The third-order valence-corrected chi connectivity index (χ3v) is 6.71. The Balaban J connectivity index is 1.66. The number of nitrogens with zero attached hydrogens (tertiary/aromatic N) is 2. The molecule has 0 unspecified atom stereocenters. The van der Waals surface area contributed by atoms with Gasteiger partial charge in [-0.1, -0.05) is 41.6 Å². The molecule has 0 saturated heterocycles. The van der Waals surface area contributed by atoms with Gasteiger partial charge in [0.05, 0.1) is 28.2 Å². The van der Waals surface area contributed by atoms with Crippen LogP contribution in [0.3, 0.4) is 0 Å². The highest BCUT2D eigenvalue weighted by Crippen LogP contribution is 2.34. The van der Waals surface area contributed by atoms with Gasteiger partial charge in [-0.15, -0.1) is 11.3 Å². The molecule has 0 fully saturated rings. The van der Waals surface area contributed by atoms with Crippen LogP contribution in [-0.2, 0) is 11.0 Å². The molecule has 2 aromatic heterocycles. The van der Waals surface area contributed by atoms with Crippen molar-refractivity contribution in [2.75, 3.05) is 11.1 Å². The molecule has 0 spiro atoms. The molecular formula is C23H18F3N3O2S2. The number of hydrogen-bond acceptors (Lipinski definition) is 5. The number of rotatable bonds is 5. The Kier molecular flexibility index (Phi) is 6.31. The highest BCUT2D eigenvalue weighted by molar-refractivity contribution is 7.99. The maximum Gasteiger partial charge on any atom is 0.418 e. The summed E-state index contributed by atoms with van der Waals surface area (Å²) in [5.41, 5.74) is 1.55. The van der Waals surface area contributed by atoms with E-state index in [4.69, 9.17) is 0 Å². The number of benzene rings is 2. The molecule has 2 heterocycles. The standard InChI is InChI=1S/C23H18F3N3O2S2/c1-13-7-8-18(14(2)11-13)29-21(31)20-17(9-10-32-20)28-22(29)33-12-19(30)27-16-6-4-3-5-15(16)23(24,25)26/h3-11H,12H2,1-2H3,(H,27,30). The molecule has 33 heavy (non-hydrogen) atoms. The van der Waals surface area contributed by atoms with Crippen LogP contribution in [0.4, 0.5) is 18.9 Å². The third kappa shape index (κ3) is 4.81. The fourth-order valence-electron chi connectivity index (χ4n) is 3.41. The Labute approximate surface area is 195 Å². The number of amides is 1. The largest absolute Gasteiger partial charge is 0.418 e. The third-order valence-electron chi connectivity index (χ3n) is 4.88. The van der Waals surface area contributed by atoms with Crippen LogP contribution >= 0.6 is 23.1 Å². The Hall–Kier alpha value is -3.11. The first-order chi connectivity index (χ1) is 15.6. The second-order valence-corrected chi connectivity index (χ2v) is 9.20. The molecule has 1 N–H and O–H groups in total. The Morgan fingerprint density at radius 2 is 1.91 bits per heavy atom. The van der Waals surface area contributed by atoms with E-state index in [1.807, 2.05) is 32.0 Å². The van der Waals surface area contributed by atoms with Crippen molar-refractivity contribution < 1.29 is 18.0 Å². The topological polar surface area (TPSA) is 64.0 Å². The van der Waals surface area contributed by atoms with Crippen molar-refractivity contribution in [1.82, 2.24) is 9.55 Å². The van der Waals surface area contributed by atoms with Crippen molar-refractivity contribution in [3.8, 4) is 5.69 Å². The SMILES string of the molecule is Cc1ccc(-n2c(SCC(=O)Nc3ccccc3C(F)(F)F)nc3ccsc3c2=O)c(C)c1. The molecule has 10 heteroatoms. The molecule has 170 valence electrons. The van der Waals surface area contributed by atoms with E-state index >= 15 is 0 Å². The summed E-state index contributed by atoms with van der Waals surface area (Å²) < 4.78 is 41.6. The molecule has 2 aromatic carbocycles. The van der Waals surface area contributed by atoms with E-state index in [0.29, 0.717) is 15.9 Å². The van der Waals surface area contributed by atoms with E-state index in [9.17, 15) is 22.8 Å². The van der Waals surface area contributed by atoms with Gasteiger partial charge in [0.15, 0.2) is 5.16 Å². The summed E-state index contributed by atoms with van der Waals surface area (Å²) in [5.74, 6) is -0.859. The Bertz CT molecular complexity index is 1410. The number of anilines is 1. The van der Waals surface area contributed by atoms with E-state index in [0.717, 1.165) is 29.0 Å². The van der Waals surface area contributed by atoms with Crippen molar-refractivity contribution in [2.45, 2.75) is 25.2 Å². The van der Waals surface area contributed by atoms with Gasteiger partial charge in [0.2, 0.25) is 5.91 Å². The van der Waals surface area contributed by atoms with Gasteiger partial charge in [-0.05, 0) is 49.1 Å². The van der Waals surface area contributed by atoms with Gasteiger partial charge in [0.25, 0.3) is 5.56 Å². The number of thioether (sulfide) groups is 1. The first-order valence-electron chi connectivity index (χ1n) is 9.82. The van der Waals surface area contributed by atoms with Crippen LogP contribution in [0.5, 0.6) is 0 Å². The maximum absolute atomic E-state index is 13.2. The van der Waals surface area contributed by atoms with Crippen molar-refractivity contribution in [3.05, 3.63) is 81.0 Å². The van der Waals surface area contributed by atoms with Crippen LogP contribution in [0.2, 0.25) is 0 Å². The normalized spacial score (nSPS) is 11.7. The number of fused-ring (bicyclic) bond motifs is 1. The number of carbonyl (C=O) groups is 1. The summed E-state index contributed by atoms with van der Waals surface area (Å²) in [6.45, 7) is 3.82. The first kappa shape index (κ1) is 23.1. The van der Waals surface area contributed by atoms with Gasteiger partial charge < -0.3 is 5.32 Å². The quantitative estimate of drug-likeness (QED) is 0.284. The lowest BCUT2D eigenvalue weighted by Gasteiger charge is -2.15. The Morgan fingerprint density at radius 3 is 2.64 bits per heavy atom. The zero-order valence-electron chi connectivity index (χ0n) is 17.6. The summed E-state index contributed by atoms with van der Waals surface area (Å²) in [4.78, 5) is 30.3. The summed E-state index contributed by atoms with van der Waals surface area (Å²) in [5, 5.41) is 4.37. The van der Waals surface area contributed by atoms with Crippen molar-refractivity contribution in [3.63, 3.8) is 0 Å². The van der Waals surface area contributed by atoms with Crippen LogP contribution in [0, 0.1) is 13.8 Å². The van der Waals surface area contributed by atoms with Crippen molar-refractivity contribution >= 4 is 44.9 Å². The van der Waals surface area contributed by atoms with Crippen LogP contribution in [0.1, 0.15) is 16.7 Å². The second-order valence-electron chi connectivity index (χ2n) is 7.34. The molecule has 0 saturated carbocycles. The zero-order valence-corrected chi connectivity index (χ0v) is 19.2. The molecule has 5 nitrogen and oxygen atoms in total. The number of nitrogens with one attached hydrogen (secondary N) is 1. The van der Waals surface area contributed by atoms with Crippen molar-refractivity contribution in [1.29, 1.82) is 0 Å². The maximum atomic E-state index is 13.2.